The first-order chi connectivity index (χ1) is 15.8. The zero-order chi connectivity index (χ0) is 20.9. The lowest BCUT2D eigenvalue weighted by Crippen LogP contribution is -2.61. The fraction of sp³-hybridized carbons (Fsp3) is 0.167. The average molecular weight is 411 g/mol. The van der Waals surface area contributed by atoms with Gasteiger partial charge in [-0.25, -0.2) is 4.98 Å². The summed E-state index contributed by atoms with van der Waals surface area (Å²) in [6.07, 6.45) is 25.6. The van der Waals surface area contributed by atoms with Gasteiger partial charge < -0.3 is 4.40 Å². The molecule has 5 aliphatic rings. The van der Waals surface area contributed by atoms with E-state index in [1.807, 2.05) is 24.4 Å². The molecule has 0 N–H and O–H groups in total. The second-order valence-electron chi connectivity index (χ2n) is 9.82. The molecule has 1 saturated carbocycles. The van der Waals surface area contributed by atoms with Gasteiger partial charge in [0, 0.05) is 34.7 Å². The number of hydrogen-bond acceptors (Lipinski definition) is 1. The molecule has 8 rings (SSSR count). The number of rotatable bonds is 2. The zero-order valence-corrected chi connectivity index (χ0v) is 17.7. The Labute approximate surface area is 187 Å². The molecule has 0 amide bonds. The Morgan fingerprint density at radius 3 is 2.75 bits per heavy atom. The van der Waals surface area contributed by atoms with Crippen LogP contribution in [0, 0.1) is 16.7 Å². The second kappa shape index (κ2) is 5.58. The summed E-state index contributed by atoms with van der Waals surface area (Å²) in [6, 6.07) is 15.1. The van der Waals surface area contributed by atoms with Gasteiger partial charge in [-0.05, 0) is 47.3 Å². The molecular formula is C30H22N2. The molecule has 2 aromatic heterocycles. The van der Waals surface area contributed by atoms with Crippen LogP contribution in [0.15, 0.2) is 120 Å². The van der Waals surface area contributed by atoms with Crippen LogP contribution in [0.2, 0.25) is 0 Å². The van der Waals surface area contributed by atoms with Crippen LogP contribution in [-0.2, 0) is 0 Å². The van der Waals surface area contributed by atoms with Crippen LogP contribution in [0.25, 0.3) is 22.5 Å². The molecule has 0 aliphatic heterocycles. The molecule has 0 saturated heterocycles. The lowest BCUT2D eigenvalue weighted by atomic mass is 9.33. The minimum atomic E-state index is 0.175. The third-order valence-electron chi connectivity index (χ3n) is 8.39. The molecule has 1 spiro atoms. The quantitative estimate of drug-likeness (QED) is 0.459. The molecule has 5 aliphatic carbocycles. The monoisotopic (exact) mass is 410 g/mol. The average Bonchev–Trinajstić information content (AvgIpc) is 3.26. The number of aromatic nitrogens is 2. The lowest BCUT2D eigenvalue weighted by molar-refractivity contribution is 0.0101. The number of allylic oxidation sites excluding steroid dienone is 12. The lowest BCUT2D eigenvalue weighted by Gasteiger charge is -2.69. The molecule has 2 unspecified atom stereocenters. The summed E-state index contributed by atoms with van der Waals surface area (Å²) in [5.74, 6) is 0.609. The van der Waals surface area contributed by atoms with E-state index < -0.39 is 0 Å². The number of nitrogens with zero attached hydrogens (tertiary/aromatic N) is 2. The molecular weight excluding hydrogens is 388 g/mol. The van der Waals surface area contributed by atoms with Crippen LogP contribution < -0.4 is 0 Å². The van der Waals surface area contributed by atoms with Gasteiger partial charge in [-0.1, -0.05) is 84.5 Å². The molecule has 2 heterocycles. The van der Waals surface area contributed by atoms with Crippen molar-refractivity contribution in [1.29, 1.82) is 0 Å². The molecule has 1 aromatic carbocycles. The van der Waals surface area contributed by atoms with E-state index in [-0.39, 0.29) is 10.8 Å². The van der Waals surface area contributed by atoms with E-state index in [0.29, 0.717) is 5.92 Å². The van der Waals surface area contributed by atoms with E-state index >= 15 is 0 Å². The van der Waals surface area contributed by atoms with Gasteiger partial charge in [-0.15, -0.1) is 0 Å². The molecule has 3 atom stereocenters. The van der Waals surface area contributed by atoms with Crippen LogP contribution in [-0.4, -0.2) is 9.38 Å². The maximum Gasteiger partial charge on any atom is 0.137 e. The summed E-state index contributed by atoms with van der Waals surface area (Å²) in [7, 11) is 0. The van der Waals surface area contributed by atoms with Crippen LogP contribution in [0.5, 0.6) is 0 Å². The van der Waals surface area contributed by atoms with E-state index in [1.165, 1.54) is 23.1 Å². The largest absolute Gasteiger partial charge is 0.306 e. The summed E-state index contributed by atoms with van der Waals surface area (Å²) >= 11 is 0. The molecule has 1 fully saturated rings. The first-order valence-corrected chi connectivity index (χ1v) is 11.5. The minimum absolute atomic E-state index is 0.175. The molecule has 2 nitrogen and oxygen atoms in total. The van der Waals surface area contributed by atoms with Crippen LogP contribution in [0.4, 0.5) is 0 Å². The molecule has 2 heteroatoms. The fourth-order valence-corrected chi connectivity index (χ4v) is 7.11. The summed E-state index contributed by atoms with van der Waals surface area (Å²) in [5, 5.41) is 0. The van der Waals surface area contributed by atoms with Gasteiger partial charge in [-0.3, -0.25) is 0 Å². The second-order valence-corrected chi connectivity index (χ2v) is 9.82. The highest BCUT2D eigenvalue weighted by atomic mass is 15.0. The van der Waals surface area contributed by atoms with Crippen molar-refractivity contribution in [3.8, 4) is 11.3 Å². The van der Waals surface area contributed by atoms with Crippen molar-refractivity contribution >= 4 is 11.2 Å². The standard InChI is InChI=1S/C30H22N2/c1-2-17-32-18-26(31-27(32)5-1)21-8-6-20(7-9-21)24-12-11-23-14-16-29-15-3-4-22-10-13-25(24)30(23,19-29)28(22)29/h1-9,11-18,28H,10,19H2/t28?,29-,30?/m0/s1. The fourth-order valence-electron chi connectivity index (χ4n) is 7.11. The van der Waals surface area contributed by atoms with Crippen molar-refractivity contribution in [3.05, 3.63) is 126 Å². The number of benzene rings is 1. The third-order valence-corrected chi connectivity index (χ3v) is 8.39. The highest BCUT2D eigenvalue weighted by molar-refractivity contribution is 5.88. The Balaban J connectivity index is 1.22. The molecule has 152 valence electrons. The Hall–Kier alpha value is -3.65. The molecule has 0 radical (unpaired) electrons. The Kier molecular flexibility index (Phi) is 2.96. The normalized spacial score (nSPS) is 30.7. The molecule has 32 heavy (non-hydrogen) atoms. The number of hydrogen-bond donors (Lipinski definition) is 0. The topological polar surface area (TPSA) is 17.3 Å². The van der Waals surface area contributed by atoms with E-state index in [0.717, 1.165) is 23.3 Å². The van der Waals surface area contributed by atoms with Gasteiger partial charge in [-0.2, -0.15) is 0 Å². The van der Waals surface area contributed by atoms with Crippen molar-refractivity contribution < 1.29 is 0 Å². The van der Waals surface area contributed by atoms with Crippen molar-refractivity contribution in [1.82, 2.24) is 9.38 Å². The van der Waals surface area contributed by atoms with Crippen molar-refractivity contribution in [3.63, 3.8) is 0 Å². The van der Waals surface area contributed by atoms with Crippen molar-refractivity contribution in [2.75, 3.05) is 0 Å². The Morgan fingerprint density at radius 1 is 0.938 bits per heavy atom. The summed E-state index contributed by atoms with van der Waals surface area (Å²) < 4.78 is 2.08. The Morgan fingerprint density at radius 2 is 1.84 bits per heavy atom. The zero-order valence-electron chi connectivity index (χ0n) is 17.7. The summed E-state index contributed by atoms with van der Waals surface area (Å²) in [5.41, 5.74) is 10.9. The minimum Gasteiger partial charge on any atom is -0.306 e. The van der Waals surface area contributed by atoms with Gasteiger partial charge in [0.15, 0.2) is 0 Å². The highest BCUT2D eigenvalue weighted by Crippen LogP contribution is 2.77. The smallest absolute Gasteiger partial charge is 0.137 e. The summed E-state index contributed by atoms with van der Waals surface area (Å²) in [4.78, 5) is 4.79. The third kappa shape index (κ3) is 1.90. The predicted octanol–water partition coefficient (Wildman–Crippen LogP) is 6.71. The van der Waals surface area contributed by atoms with E-state index in [2.05, 4.69) is 83.5 Å². The predicted molar refractivity (Wildman–Crippen MR) is 129 cm³/mol. The molecule has 3 aromatic rings. The van der Waals surface area contributed by atoms with Crippen LogP contribution in [0.1, 0.15) is 18.4 Å². The Bertz CT molecular complexity index is 1490. The van der Waals surface area contributed by atoms with Gasteiger partial charge in [0.2, 0.25) is 0 Å². The van der Waals surface area contributed by atoms with E-state index in [1.54, 1.807) is 11.1 Å². The van der Waals surface area contributed by atoms with Crippen molar-refractivity contribution in [2.24, 2.45) is 16.7 Å². The number of pyridine rings is 1. The van der Waals surface area contributed by atoms with Crippen LogP contribution in [0.3, 0.4) is 0 Å². The first kappa shape index (κ1) is 17.0. The van der Waals surface area contributed by atoms with E-state index in [4.69, 9.17) is 4.98 Å². The first-order valence-electron chi connectivity index (χ1n) is 11.5. The SMILES string of the molecule is C1=C[C@@]23C=CC4=CC=C(c5ccc(-c6cn7ccccc7n6)cc5)C5=CCC(=C1)C2C45C3. The maximum absolute atomic E-state index is 4.79. The maximum atomic E-state index is 4.79. The summed E-state index contributed by atoms with van der Waals surface area (Å²) in [6.45, 7) is 0. The van der Waals surface area contributed by atoms with Crippen LogP contribution >= 0.6 is 0 Å². The van der Waals surface area contributed by atoms with Gasteiger partial charge in [0.05, 0.1) is 5.69 Å². The number of imidazole rings is 1. The van der Waals surface area contributed by atoms with Gasteiger partial charge in [0.25, 0.3) is 0 Å². The van der Waals surface area contributed by atoms with E-state index in [9.17, 15) is 0 Å². The van der Waals surface area contributed by atoms with Gasteiger partial charge >= 0.3 is 0 Å². The number of fused-ring (bicyclic) bond motifs is 1. The highest BCUT2D eigenvalue weighted by Gasteiger charge is 2.68. The molecule has 2 bridgehead atoms. The van der Waals surface area contributed by atoms with Crippen molar-refractivity contribution in [2.45, 2.75) is 12.8 Å². The van der Waals surface area contributed by atoms with Gasteiger partial charge in [0.1, 0.15) is 5.65 Å².